The quantitative estimate of drug-likeness (QED) is 0.633. The molecular formula is C21H24N2O5S. The summed E-state index contributed by atoms with van der Waals surface area (Å²) < 4.78 is 26.3. The Morgan fingerprint density at radius 3 is 1.83 bits per heavy atom. The van der Waals surface area contributed by atoms with Crippen molar-refractivity contribution in [3.8, 4) is 0 Å². The molecule has 0 atom stereocenters. The van der Waals surface area contributed by atoms with Crippen molar-refractivity contribution in [1.29, 1.82) is 0 Å². The first-order chi connectivity index (χ1) is 13.6. The second-order valence-corrected chi connectivity index (χ2v) is 8.74. The third-order valence-electron chi connectivity index (χ3n) is 4.42. The molecule has 0 saturated carbocycles. The van der Waals surface area contributed by atoms with Crippen LogP contribution in [0.4, 0.5) is 5.69 Å². The summed E-state index contributed by atoms with van der Waals surface area (Å²) in [6.07, 6.45) is 0.496. The van der Waals surface area contributed by atoms with Gasteiger partial charge in [0.05, 0.1) is 4.90 Å². The van der Waals surface area contributed by atoms with Crippen molar-refractivity contribution >= 4 is 33.2 Å². The summed E-state index contributed by atoms with van der Waals surface area (Å²) in [5, 5.41) is 2.72. The van der Waals surface area contributed by atoms with Crippen molar-refractivity contribution in [2.24, 2.45) is 0 Å². The number of benzene rings is 2. The van der Waals surface area contributed by atoms with Crippen molar-refractivity contribution in [3.63, 3.8) is 0 Å². The van der Waals surface area contributed by atoms with Crippen LogP contribution in [0.5, 0.6) is 0 Å². The summed E-state index contributed by atoms with van der Waals surface area (Å²) in [7, 11) is -2.24. The second kappa shape index (κ2) is 9.58. The molecule has 2 aromatic rings. The minimum Gasteiger partial charge on any atom is -0.326 e. The summed E-state index contributed by atoms with van der Waals surface area (Å²) in [6.45, 7) is 3.06. The molecule has 0 heterocycles. The third-order valence-corrected chi connectivity index (χ3v) is 6.29. The molecule has 29 heavy (non-hydrogen) atoms. The van der Waals surface area contributed by atoms with Crippen LogP contribution in [0.25, 0.3) is 0 Å². The molecule has 0 saturated heterocycles. The Labute approximate surface area is 170 Å². The van der Waals surface area contributed by atoms with Crippen LogP contribution < -0.4 is 5.32 Å². The molecule has 0 aliphatic rings. The number of nitrogens with one attached hydrogen (secondary N) is 1. The minimum atomic E-state index is -3.69. The lowest BCUT2D eigenvalue weighted by Gasteiger charge is -2.17. The highest BCUT2D eigenvalue weighted by molar-refractivity contribution is 7.89. The molecular weight excluding hydrogens is 392 g/mol. The van der Waals surface area contributed by atoms with Crippen LogP contribution in [0.15, 0.2) is 53.4 Å². The lowest BCUT2D eigenvalue weighted by atomic mass is 10.1. The van der Waals surface area contributed by atoms with Crippen LogP contribution in [0.2, 0.25) is 0 Å². The summed E-state index contributed by atoms with van der Waals surface area (Å²) in [6, 6.07) is 12.3. The maximum atomic E-state index is 12.6. The summed E-state index contributed by atoms with van der Waals surface area (Å²) >= 11 is 0. The lowest BCUT2D eigenvalue weighted by molar-refractivity contribution is -0.116. The van der Waals surface area contributed by atoms with E-state index in [4.69, 9.17) is 0 Å². The Balaban J connectivity index is 1.87. The molecule has 0 fully saturated rings. The summed E-state index contributed by atoms with van der Waals surface area (Å²) in [5.41, 5.74) is 1.58. The van der Waals surface area contributed by atoms with Gasteiger partial charge in [0.15, 0.2) is 11.6 Å². The van der Waals surface area contributed by atoms with E-state index in [1.54, 1.807) is 24.3 Å². The highest BCUT2D eigenvalue weighted by Crippen LogP contribution is 2.16. The molecule has 0 bridgehead atoms. The zero-order chi connectivity index (χ0) is 21.6. The van der Waals surface area contributed by atoms with E-state index in [2.05, 4.69) is 5.32 Å². The van der Waals surface area contributed by atoms with Crippen LogP contribution in [-0.2, 0) is 14.8 Å². The number of amides is 1. The van der Waals surface area contributed by atoms with E-state index in [9.17, 15) is 22.8 Å². The van der Waals surface area contributed by atoms with Gasteiger partial charge in [-0.15, -0.1) is 0 Å². The van der Waals surface area contributed by atoms with Gasteiger partial charge in [0.1, 0.15) is 0 Å². The molecule has 2 rings (SSSR count). The van der Waals surface area contributed by atoms with Crippen LogP contribution in [0, 0.1) is 0 Å². The lowest BCUT2D eigenvalue weighted by Crippen LogP contribution is -2.28. The van der Waals surface area contributed by atoms with Gasteiger partial charge < -0.3 is 5.32 Å². The number of anilines is 1. The van der Waals surface area contributed by atoms with Crippen LogP contribution >= 0.6 is 0 Å². The summed E-state index contributed by atoms with van der Waals surface area (Å²) in [5.74, 6) is -0.426. The van der Waals surface area contributed by atoms with E-state index in [-0.39, 0.29) is 35.3 Å². The van der Waals surface area contributed by atoms with Crippen molar-refractivity contribution in [2.75, 3.05) is 18.9 Å². The number of ketones is 2. The molecule has 0 aliphatic heterocycles. The average molecular weight is 416 g/mol. The van der Waals surface area contributed by atoms with Gasteiger partial charge in [-0.1, -0.05) is 12.1 Å². The maximum Gasteiger partial charge on any atom is 0.242 e. The van der Waals surface area contributed by atoms with Crippen molar-refractivity contribution in [3.05, 3.63) is 59.7 Å². The predicted octanol–water partition coefficient (Wildman–Crippen LogP) is 3.13. The zero-order valence-corrected chi connectivity index (χ0v) is 17.5. The number of carbonyl (C=O) groups excluding carboxylic acids is 3. The Morgan fingerprint density at radius 1 is 0.862 bits per heavy atom. The van der Waals surface area contributed by atoms with E-state index in [1.807, 2.05) is 0 Å². The Kier molecular flexibility index (Phi) is 7.41. The highest BCUT2D eigenvalue weighted by Gasteiger charge is 2.20. The molecule has 2 aromatic carbocycles. The normalized spacial score (nSPS) is 11.3. The SMILES string of the molecule is CC(=O)c1ccc(NC(=O)CCCN(C)S(=O)(=O)c2ccc(C(C)=O)cc2)cc1. The van der Waals surface area contributed by atoms with Crippen molar-refractivity contribution in [1.82, 2.24) is 4.31 Å². The highest BCUT2D eigenvalue weighted by atomic mass is 32.2. The fourth-order valence-electron chi connectivity index (χ4n) is 2.64. The van der Waals surface area contributed by atoms with Crippen LogP contribution in [0.1, 0.15) is 47.4 Å². The van der Waals surface area contributed by atoms with Crippen LogP contribution in [-0.4, -0.2) is 43.8 Å². The number of Topliss-reactive ketones (excluding diaryl/α,β-unsaturated/α-hetero) is 2. The zero-order valence-electron chi connectivity index (χ0n) is 16.6. The maximum absolute atomic E-state index is 12.6. The van der Waals surface area contributed by atoms with Gasteiger partial charge in [0.25, 0.3) is 0 Å². The van der Waals surface area contributed by atoms with E-state index >= 15 is 0 Å². The van der Waals surface area contributed by atoms with E-state index in [0.29, 0.717) is 23.2 Å². The standard InChI is InChI=1S/C21H24N2O5S/c1-15(24)17-6-10-19(11-7-17)22-21(26)5-4-14-23(3)29(27,28)20-12-8-18(9-13-20)16(2)25/h6-13H,4-5,14H2,1-3H3,(H,22,26). The monoisotopic (exact) mass is 416 g/mol. The fraction of sp³-hybridized carbons (Fsp3) is 0.286. The van der Waals surface area contributed by atoms with Gasteiger partial charge in [-0.3, -0.25) is 14.4 Å². The molecule has 0 aliphatic carbocycles. The third kappa shape index (κ3) is 6.07. The molecule has 0 radical (unpaired) electrons. The van der Waals surface area contributed by atoms with E-state index in [1.165, 1.54) is 49.5 Å². The number of carbonyl (C=O) groups is 3. The molecule has 1 N–H and O–H groups in total. The number of hydrogen-bond acceptors (Lipinski definition) is 5. The largest absolute Gasteiger partial charge is 0.326 e. The van der Waals surface area contributed by atoms with E-state index < -0.39 is 10.0 Å². The number of rotatable bonds is 9. The summed E-state index contributed by atoms with van der Waals surface area (Å²) in [4.78, 5) is 34.7. The van der Waals surface area contributed by atoms with Gasteiger partial charge in [-0.25, -0.2) is 12.7 Å². The molecule has 0 aromatic heterocycles. The number of hydrogen-bond donors (Lipinski definition) is 1. The number of sulfonamides is 1. The van der Waals surface area contributed by atoms with E-state index in [0.717, 1.165) is 0 Å². The Bertz CT molecular complexity index is 996. The molecule has 154 valence electrons. The Hall–Kier alpha value is -2.84. The predicted molar refractivity (Wildman–Crippen MR) is 111 cm³/mol. The van der Waals surface area contributed by atoms with Crippen LogP contribution in [0.3, 0.4) is 0 Å². The van der Waals surface area contributed by atoms with Gasteiger partial charge in [0.2, 0.25) is 15.9 Å². The van der Waals surface area contributed by atoms with Gasteiger partial charge in [0, 0.05) is 36.8 Å². The first-order valence-corrected chi connectivity index (χ1v) is 10.5. The molecule has 0 spiro atoms. The first-order valence-electron chi connectivity index (χ1n) is 9.09. The van der Waals surface area contributed by atoms with Gasteiger partial charge in [-0.2, -0.15) is 0 Å². The van der Waals surface area contributed by atoms with Gasteiger partial charge in [-0.05, 0) is 56.7 Å². The second-order valence-electron chi connectivity index (χ2n) is 6.69. The van der Waals surface area contributed by atoms with Crippen molar-refractivity contribution < 1.29 is 22.8 Å². The average Bonchev–Trinajstić information content (AvgIpc) is 2.68. The molecule has 1 amide bonds. The number of nitrogens with zero attached hydrogens (tertiary/aromatic N) is 1. The molecule has 0 unspecified atom stereocenters. The smallest absolute Gasteiger partial charge is 0.242 e. The minimum absolute atomic E-state index is 0.0527. The molecule has 8 heteroatoms. The first kappa shape index (κ1) is 22.4. The Morgan fingerprint density at radius 2 is 1.34 bits per heavy atom. The fourth-order valence-corrected chi connectivity index (χ4v) is 3.85. The van der Waals surface area contributed by atoms with Gasteiger partial charge >= 0.3 is 0 Å². The molecule has 7 nitrogen and oxygen atoms in total. The topological polar surface area (TPSA) is 101 Å². The van der Waals surface area contributed by atoms with Crippen molar-refractivity contribution in [2.45, 2.75) is 31.6 Å².